The molecule has 0 saturated heterocycles. The lowest BCUT2D eigenvalue weighted by Crippen LogP contribution is -2.27. The van der Waals surface area contributed by atoms with Crippen LogP contribution in [0, 0.1) is 0 Å². The molecule has 1 aromatic carbocycles. The summed E-state index contributed by atoms with van der Waals surface area (Å²) in [5.41, 5.74) is 0.967. The molecule has 0 spiro atoms. The first-order valence-corrected chi connectivity index (χ1v) is 9.77. The molecule has 1 atom stereocenters. The lowest BCUT2D eigenvalue weighted by atomic mass is 10.1. The van der Waals surface area contributed by atoms with Crippen LogP contribution in [0.2, 0.25) is 0 Å². The minimum atomic E-state index is -0.345. The number of carbonyl (C=O) groups is 1. The molecule has 0 aliphatic rings. The Balaban J connectivity index is 1.96. The highest BCUT2D eigenvalue weighted by Crippen LogP contribution is 2.37. The van der Waals surface area contributed by atoms with Crippen molar-refractivity contribution in [1.82, 2.24) is 19.7 Å². The maximum absolute atomic E-state index is 12.7. The fourth-order valence-electron chi connectivity index (χ4n) is 2.48. The van der Waals surface area contributed by atoms with Crippen molar-refractivity contribution in [2.24, 2.45) is 0 Å². The second-order valence-corrected chi connectivity index (χ2v) is 7.69. The van der Waals surface area contributed by atoms with Gasteiger partial charge < -0.3 is 9.47 Å². The SMILES string of the molecule is CCn1c(S[C@@H](C(=O)N(C)C)c2ccccc2)nnc1-c1cccs1. The number of thioether (sulfide) groups is 1. The Morgan fingerprint density at radius 2 is 1.96 bits per heavy atom. The van der Waals surface area contributed by atoms with E-state index in [4.69, 9.17) is 0 Å². The van der Waals surface area contributed by atoms with Crippen LogP contribution in [0.4, 0.5) is 0 Å². The molecule has 25 heavy (non-hydrogen) atoms. The van der Waals surface area contributed by atoms with Gasteiger partial charge >= 0.3 is 0 Å². The van der Waals surface area contributed by atoms with E-state index in [1.807, 2.05) is 47.8 Å². The predicted molar refractivity (Wildman–Crippen MR) is 103 cm³/mol. The van der Waals surface area contributed by atoms with Gasteiger partial charge in [0.2, 0.25) is 5.91 Å². The van der Waals surface area contributed by atoms with Crippen LogP contribution in [-0.4, -0.2) is 39.7 Å². The topological polar surface area (TPSA) is 51.0 Å². The van der Waals surface area contributed by atoms with Gasteiger partial charge in [-0.2, -0.15) is 0 Å². The summed E-state index contributed by atoms with van der Waals surface area (Å²) >= 11 is 3.09. The highest BCUT2D eigenvalue weighted by molar-refractivity contribution is 8.00. The van der Waals surface area contributed by atoms with E-state index in [0.29, 0.717) is 0 Å². The number of nitrogens with zero attached hydrogens (tertiary/aromatic N) is 4. The molecule has 0 radical (unpaired) electrons. The molecule has 5 nitrogen and oxygen atoms in total. The third kappa shape index (κ3) is 3.77. The number of amides is 1. The van der Waals surface area contributed by atoms with E-state index in [1.165, 1.54) is 11.8 Å². The fourth-order valence-corrected chi connectivity index (χ4v) is 4.44. The second kappa shape index (κ2) is 7.84. The maximum atomic E-state index is 12.7. The van der Waals surface area contributed by atoms with E-state index >= 15 is 0 Å². The molecule has 0 aliphatic carbocycles. The van der Waals surface area contributed by atoms with Crippen molar-refractivity contribution in [2.45, 2.75) is 23.9 Å². The standard InChI is InChI=1S/C18H20N4OS2/c1-4-22-16(14-11-8-12-24-14)19-20-18(22)25-15(17(23)21(2)3)13-9-6-5-7-10-13/h5-12,15H,4H2,1-3H3/t15-/m1/s1. The van der Waals surface area contributed by atoms with Crippen molar-refractivity contribution in [1.29, 1.82) is 0 Å². The zero-order valence-electron chi connectivity index (χ0n) is 14.4. The number of likely N-dealkylation sites (N-methyl/N-ethyl adjacent to an activating group) is 1. The molecule has 0 unspecified atom stereocenters. The van der Waals surface area contributed by atoms with Crippen LogP contribution in [0.3, 0.4) is 0 Å². The lowest BCUT2D eigenvalue weighted by molar-refractivity contribution is -0.128. The van der Waals surface area contributed by atoms with E-state index in [2.05, 4.69) is 21.7 Å². The van der Waals surface area contributed by atoms with Gasteiger partial charge in [-0.3, -0.25) is 4.79 Å². The number of carbonyl (C=O) groups excluding carboxylic acids is 1. The minimum absolute atomic E-state index is 0.0412. The van der Waals surface area contributed by atoms with Crippen molar-refractivity contribution in [3.8, 4) is 10.7 Å². The number of rotatable bonds is 6. The summed E-state index contributed by atoms with van der Waals surface area (Å²) in [7, 11) is 3.56. The quantitative estimate of drug-likeness (QED) is 0.615. The fraction of sp³-hybridized carbons (Fsp3) is 0.278. The maximum Gasteiger partial charge on any atom is 0.240 e. The average Bonchev–Trinajstić information content (AvgIpc) is 3.28. The first kappa shape index (κ1) is 17.7. The zero-order valence-corrected chi connectivity index (χ0v) is 16.0. The van der Waals surface area contributed by atoms with Gasteiger partial charge in [0.15, 0.2) is 11.0 Å². The van der Waals surface area contributed by atoms with Crippen LogP contribution in [0.15, 0.2) is 53.0 Å². The van der Waals surface area contributed by atoms with Crippen molar-refractivity contribution < 1.29 is 4.79 Å². The molecule has 0 fully saturated rings. The van der Waals surface area contributed by atoms with Crippen LogP contribution in [0.5, 0.6) is 0 Å². The Labute approximate surface area is 155 Å². The Hall–Kier alpha value is -2.12. The van der Waals surface area contributed by atoms with E-state index in [9.17, 15) is 4.79 Å². The molecule has 0 aliphatic heterocycles. The van der Waals surface area contributed by atoms with Gasteiger partial charge in [0.25, 0.3) is 0 Å². The van der Waals surface area contributed by atoms with Crippen LogP contribution in [-0.2, 0) is 11.3 Å². The first-order valence-electron chi connectivity index (χ1n) is 8.01. The number of hydrogen-bond acceptors (Lipinski definition) is 5. The molecule has 0 N–H and O–H groups in total. The van der Waals surface area contributed by atoms with Crippen molar-refractivity contribution in [3.63, 3.8) is 0 Å². The molecule has 1 amide bonds. The molecular formula is C18H20N4OS2. The third-order valence-electron chi connectivity index (χ3n) is 3.77. The lowest BCUT2D eigenvalue weighted by Gasteiger charge is -2.20. The number of hydrogen-bond donors (Lipinski definition) is 0. The second-order valence-electron chi connectivity index (χ2n) is 5.67. The molecule has 0 bridgehead atoms. The number of thiophene rings is 1. The summed E-state index contributed by atoms with van der Waals surface area (Å²) in [6.07, 6.45) is 0. The summed E-state index contributed by atoms with van der Waals surface area (Å²) in [4.78, 5) is 15.4. The van der Waals surface area contributed by atoms with Gasteiger partial charge in [-0.05, 0) is 23.9 Å². The molecule has 0 saturated carbocycles. The Morgan fingerprint density at radius 3 is 2.56 bits per heavy atom. The van der Waals surface area contributed by atoms with Gasteiger partial charge in [0.05, 0.1) is 4.88 Å². The van der Waals surface area contributed by atoms with Gasteiger partial charge in [-0.15, -0.1) is 21.5 Å². The van der Waals surface area contributed by atoms with Gasteiger partial charge in [0.1, 0.15) is 5.25 Å². The third-order valence-corrected chi connectivity index (χ3v) is 5.85. The normalized spacial score (nSPS) is 12.1. The summed E-state index contributed by atoms with van der Waals surface area (Å²) in [5, 5.41) is 11.2. The van der Waals surface area contributed by atoms with Crippen LogP contribution >= 0.6 is 23.1 Å². The highest BCUT2D eigenvalue weighted by Gasteiger charge is 2.26. The Morgan fingerprint density at radius 1 is 1.20 bits per heavy atom. The van der Waals surface area contributed by atoms with E-state index in [-0.39, 0.29) is 11.2 Å². The van der Waals surface area contributed by atoms with Crippen LogP contribution < -0.4 is 0 Å². The molecule has 3 aromatic rings. The van der Waals surface area contributed by atoms with Gasteiger partial charge in [-0.1, -0.05) is 48.2 Å². The Bertz CT molecular complexity index is 828. The molecule has 3 rings (SSSR count). The van der Waals surface area contributed by atoms with E-state index < -0.39 is 0 Å². The number of benzene rings is 1. The predicted octanol–water partition coefficient (Wildman–Crippen LogP) is 3.95. The summed E-state index contributed by atoms with van der Waals surface area (Å²) in [5.74, 6) is 0.892. The molecule has 2 aromatic heterocycles. The molecular weight excluding hydrogens is 352 g/mol. The monoisotopic (exact) mass is 372 g/mol. The average molecular weight is 373 g/mol. The van der Waals surface area contributed by atoms with Crippen LogP contribution in [0.25, 0.3) is 10.7 Å². The Kier molecular flexibility index (Phi) is 5.55. The first-order chi connectivity index (χ1) is 12.1. The van der Waals surface area contributed by atoms with Gasteiger partial charge in [-0.25, -0.2) is 0 Å². The number of aromatic nitrogens is 3. The van der Waals surface area contributed by atoms with Crippen LogP contribution in [0.1, 0.15) is 17.7 Å². The largest absolute Gasteiger partial charge is 0.348 e. The zero-order chi connectivity index (χ0) is 17.8. The van der Waals surface area contributed by atoms with Crippen molar-refractivity contribution in [3.05, 3.63) is 53.4 Å². The highest BCUT2D eigenvalue weighted by atomic mass is 32.2. The molecule has 7 heteroatoms. The van der Waals surface area contributed by atoms with Crippen molar-refractivity contribution >= 4 is 29.0 Å². The summed E-state index contributed by atoms with van der Waals surface area (Å²) in [6.45, 7) is 2.82. The molecule has 2 heterocycles. The molecule has 130 valence electrons. The minimum Gasteiger partial charge on any atom is -0.348 e. The van der Waals surface area contributed by atoms with Crippen molar-refractivity contribution in [2.75, 3.05) is 14.1 Å². The van der Waals surface area contributed by atoms with Gasteiger partial charge in [0, 0.05) is 20.6 Å². The summed E-state index contributed by atoms with van der Waals surface area (Å²) < 4.78 is 2.06. The van der Waals surface area contributed by atoms with E-state index in [1.54, 1.807) is 30.3 Å². The summed E-state index contributed by atoms with van der Waals surface area (Å²) in [6, 6.07) is 13.9. The smallest absolute Gasteiger partial charge is 0.240 e. The van der Waals surface area contributed by atoms with E-state index in [0.717, 1.165) is 28.0 Å².